The quantitative estimate of drug-likeness (QED) is 0.812. The van der Waals surface area contributed by atoms with Crippen LogP contribution in [0.2, 0.25) is 0 Å². The number of thiocarbonyl (C=S) groups is 1. The van der Waals surface area contributed by atoms with Crippen molar-refractivity contribution in [2.45, 2.75) is 25.8 Å². The molecule has 2 rings (SSSR count). The molecule has 2 N–H and O–H groups in total. The third kappa shape index (κ3) is 5.52. The van der Waals surface area contributed by atoms with Gasteiger partial charge in [0, 0.05) is 11.7 Å². The molecule has 0 saturated heterocycles. The summed E-state index contributed by atoms with van der Waals surface area (Å²) in [5.41, 5.74) is 1.97. The van der Waals surface area contributed by atoms with Crippen LogP contribution in [0.3, 0.4) is 0 Å². The Labute approximate surface area is 130 Å². The summed E-state index contributed by atoms with van der Waals surface area (Å²) in [6.07, 6.45) is 1.98. The summed E-state index contributed by atoms with van der Waals surface area (Å²) in [5.74, 6) is -0.278. The van der Waals surface area contributed by atoms with Gasteiger partial charge in [-0.05, 0) is 55.7 Å². The van der Waals surface area contributed by atoms with Gasteiger partial charge < -0.3 is 10.6 Å². The van der Waals surface area contributed by atoms with E-state index >= 15 is 0 Å². The first-order valence-electron chi connectivity index (χ1n) is 7.00. The summed E-state index contributed by atoms with van der Waals surface area (Å²) >= 11 is 5.24. The zero-order chi connectivity index (χ0) is 15.1. The molecule has 0 amide bonds. The highest BCUT2D eigenvalue weighted by Gasteiger charge is 2.05. The highest BCUT2D eigenvalue weighted by Crippen LogP contribution is 2.09. The Morgan fingerprint density at radius 1 is 1.14 bits per heavy atom. The number of anilines is 1. The number of aryl methyl sites for hydroxylation is 1. The van der Waals surface area contributed by atoms with Crippen LogP contribution in [-0.2, 0) is 6.42 Å². The van der Waals surface area contributed by atoms with Gasteiger partial charge in [0.2, 0.25) is 0 Å². The fourth-order valence-electron chi connectivity index (χ4n) is 2.06. The lowest BCUT2D eigenvalue weighted by molar-refractivity contribution is 0.609. The van der Waals surface area contributed by atoms with Gasteiger partial charge in [0.1, 0.15) is 5.82 Å². The molecular formula is C17H19FN2S. The fraction of sp³-hybridized carbons (Fsp3) is 0.235. The zero-order valence-electron chi connectivity index (χ0n) is 12.0. The third-order valence-electron chi connectivity index (χ3n) is 3.17. The summed E-state index contributed by atoms with van der Waals surface area (Å²) in [6, 6.07) is 16.9. The van der Waals surface area contributed by atoms with Crippen molar-refractivity contribution in [1.29, 1.82) is 0 Å². The van der Waals surface area contributed by atoms with Crippen molar-refractivity contribution in [3.8, 4) is 0 Å². The molecular weight excluding hydrogens is 283 g/mol. The topological polar surface area (TPSA) is 24.1 Å². The standard InChI is InChI=1S/C17H19FN2S/c1-13(10-11-14-6-3-2-4-7-14)19-17(21)20-16-9-5-8-15(18)12-16/h2-9,12-13H,10-11H2,1H3,(H2,19,20,21). The Balaban J connectivity index is 1.77. The van der Waals surface area contributed by atoms with E-state index in [1.54, 1.807) is 12.1 Å². The van der Waals surface area contributed by atoms with Crippen LogP contribution in [-0.4, -0.2) is 11.2 Å². The van der Waals surface area contributed by atoms with Crippen LogP contribution in [0.5, 0.6) is 0 Å². The number of hydrogen-bond donors (Lipinski definition) is 2. The van der Waals surface area contributed by atoms with Crippen LogP contribution in [0, 0.1) is 5.82 Å². The summed E-state index contributed by atoms with van der Waals surface area (Å²) in [6.45, 7) is 2.09. The van der Waals surface area contributed by atoms with E-state index in [-0.39, 0.29) is 11.9 Å². The van der Waals surface area contributed by atoms with E-state index in [0.29, 0.717) is 10.8 Å². The van der Waals surface area contributed by atoms with E-state index < -0.39 is 0 Å². The van der Waals surface area contributed by atoms with E-state index in [0.717, 1.165) is 12.8 Å². The Morgan fingerprint density at radius 3 is 2.62 bits per heavy atom. The van der Waals surface area contributed by atoms with Gasteiger partial charge in [0.05, 0.1) is 0 Å². The second-order valence-corrected chi connectivity index (χ2v) is 5.44. The lowest BCUT2D eigenvalue weighted by Gasteiger charge is -2.17. The minimum atomic E-state index is -0.278. The van der Waals surface area contributed by atoms with E-state index in [1.165, 1.54) is 17.7 Å². The Morgan fingerprint density at radius 2 is 1.90 bits per heavy atom. The fourth-order valence-corrected chi connectivity index (χ4v) is 2.38. The molecule has 0 saturated carbocycles. The minimum absolute atomic E-state index is 0.249. The number of hydrogen-bond acceptors (Lipinski definition) is 1. The van der Waals surface area contributed by atoms with Crippen LogP contribution in [0.25, 0.3) is 0 Å². The normalized spacial score (nSPS) is 11.7. The number of rotatable bonds is 5. The van der Waals surface area contributed by atoms with Crippen LogP contribution in [0.15, 0.2) is 54.6 Å². The molecule has 2 aromatic rings. The summed E-state index contributed by atoms with van der Waals surface area (Å²) in [5, 5.41) is 6.72. The van der Waals surface area contributed by atoms with Gasteiger partial charge in [0.25, 0.3) is 0 Å². The van der Waals surface area contributed by atoms with Gasteiger partial charge in [-0.15, -0.1) is 0 Å². The maximum atomic E-state index is 13.1. The SMILES string of the molecule is CC(CCc1ccccc1)NC(=S)Nc1cccc(F)c1. The number of halogens is 1. The molecule has 1 atom stereocenters. The maximum absolute atomic E-state index is 13.1. The molecule has 0 aliphatic heterocycles. The lowest BCUT2D eigenvalue weighted by Crippen LogP contribution is -2.36. The molecule has 2 nitrogen and oxygen atoms in total. The summed E-state index contributed by atoms with van der Waals surface area (Å²) in [4.78, 5) is 0. The van der Waals surface area contributed by atoms with Gasteiger partial charge in [-0.25, -0.2) is 4.39 Å². The summed E-state index contributed by atoms with van der Waals surface area (Å²) < 4.78 is 13.1. The molecule has 110 valence electrons. The second-order valence-electron chi connectivity index (χ2n) is 5.03. The molecule has 0 aliphatic rings. The van der Waals surface area contributed by atoms with Gasteiger partial charge >= 0.3 is 0 Å². The molecule has 0 fully saturated rings. The van der Waals surface area contributed by atoms with Gasteiger partial charge in [-0.1, -0.05) is 36.4 Å². The van der Waals surface area contributed by atoms with Gasteiger partial charge in [0.15, 0.2) is 5.11 Å². The zero-order valence-corrected chi connectivity index (χ0v) is 12.8. The summed E-state index contributed by atoms with van der Waals surface area (Å²) in [7, 11) is 0. The smallest absolute Gasteiger partial charge is 0.170 e. The van der Waals surface area contributed by atoms with Crippen molar-refractivity contribution in [3.05, 3.63) is 66.0 Å². The highest BCUT2D eigenvalue weighted by atomic mass is 32.1. The van der Waals surface area contributed by atoms with Crippen molar-refractivity contribution in [2.24, 2.45) is 0 Å². The molecule has 0 aliphatic carbocycles. The van der Waals surface area contributed by atoms with E-state index in [1.807, 2.05) is 18.2 Å². The number of benzene rings is 2. The van der Waals surface area contributed by atoms with Crippen molar-refractivity contribution in [2.75, 3.05) is 5.32 Å². The van der Waals surface area contributed by atoms with E-state index in [9.17, 15) is 4.39 Å². The van der Waals surface area contributed by atoms with Crippen LogP contribution >= 0.6 is 12.2 Å². The molecule has 2 aromatic carbocycles. The molecule has 1 unspecified atom stereocenters. The van der Waals surface area contributed by atoms with Crippen molar-refractivity contribution in [1.82, 2.24) is 5.32 Å². The first-order chi connectivity index (χ1) is 10.1. The predicted molar refractivity (Wildman–Crippen MR) is 90.0 cm³/mol. The van der Waals surface area contributed by atoms with Gasteiger partial charge in [-0.3, -0.25) is 0 Å². The van der Waals surface area contributed by atoms with Crippen molar-refractivity contribution in [3.63, 3.8) is 0 Å². The first kappa shape index (κ1) is 15.4. The monoisotopic (exact) mass is 302 g/mol. The average Bonchev–Trinajstić information content (AvgIpc) is 2.46. The largest absolute Gasteiger partial charge is 0.360 e. The van der Waals surface area contributed by atoms with Crippen LogP contribution < -0.4 is 10.6 Å². The van der Waals surface area contributed by atoms with Crippen molar-refractivity contribution >= 4 is 23.0 Å². The predicted octanol–water partition coefficient (Wildman–Crippen LogP) is 4.13. The Bertz CT molecular complexity index is 586. The van der Waals surface area contributed by atoms with E-state index in [2.05, 4.69) is 29.7 Å². The first-order valence-corrected chi connectivity index (χ1v) is 7.41. The molecule has 0 bridgehead atoms. The number of nitrogens with one attached hydrogen (secondary N) is 2. The van der Waals surface area contributed by atoms with Crippen LogP contribution in [0.4, 0.5) is 10.1 Å². The van der Waals surface area contributed by atoms with Gasteiger partial charge in [-0.2, -0.15) is 0 Å². The average molecular weight is 302 g/mol. The molecule has 0 aromatic heterocycles. The Kier molecular flexibility index (Phi) is 5.69. The third-order valence-corrected chi connectivity index (χ3v) is 3.39. The molecule has 0 spiro atoms. The second kappa shape index (κ2) is 7.74. The molecule has 0 heterocycles. The Hall–Kier alpha value is -1.94. The molecule has 4 heteroatoms. The molecule has 21 heavy (non-hydrogen) atoms. The highest BCUT2D eigenvalue weighted by molar-refractivity contribution is 7.80. The van der Waals surface area contributed by atoms with Crippen molar-refractivity contribution < 1.29 is 4.39 Å². The lowest BCUT2D eigenvalue weighted by atomic mass is 10.1. The maximum Gasteiger partial charge on any atom is 0.170 e. The minimum Gasteiger partial charge on any atom is -0.360 e. The molecule has 0 radical (unpaired) electrons. The van der Waals surface area contributed by atoms with E-state index in [4.69, 9.17) is 12.2 Å². The van der Waals surface area contributed by atoms with Crippen LogP contribution in [0.1, 0.15) is 18.9 Å².